The summed E-state index contributed by atoms with van der Waals surface area (Å²) in [6, 6.07) is 6.39. The summed E-state index contributed by atoms with van der Waals surface area (Å²) in [5, 5.41) is 2.71. The molecule has 0 aliphatic carbocycles. The van der Waals surface area contributed by atoms with Gasteiger partial charge < -0.3 is 10.1 Å². The Morgan fingerprint density at radius 2 is 1.87 bits per heavy atom. The fourth-order valence-corrected chi connectivity index (χ4v) is 3.54. The molecule has 1 saturated heterocycles. The minimum Gasteiger partial charge on any atom is -0.454 e. The predicted molar refractivity (Wildman–Crippen MR) is 116 cm³/mol. The molecule has 0 saturated carbocycles. The maximum atomic E-state index is 12.6. The van der Waals surface area contributed by atoms with E-state index in [-0.39, 0.29) is 17.2 Å². The highest BCUT2D eigenvalue weighted by atomic mass is 32.2. The fourth-order valence-electron chi connectivity index (χ4n) is 3.07. The predicted octanol–water partition coefficient (Wildman–Crippen LogP) is 2.53. The van der Waals surface area contributed by atoms with Gasteiger partial charge in [-0.15, -0.1) is 0 Å². The first-order valence-corrected chi connectivity index (χ1v) is 11.4. The Balaban J connectivity index is 1.98. The molecule has 1 aliphatic rings. The Morgan fingerprint density at radius 1 is 1.20 bits per heavy atom. The van der Waals surface area contributed by atoms with Crippen LogP contribution in [0.15, 0.2) is 24.3 Å². The summed E-state index contributed by atoms with van der Waals surface area (Å²) in [6.07, 6.45) is 3.24. The lowest BCUT2D eigenvalue weighted by Crippen LogP contribution is -2.44. The van der Waals surface area contributed by atoms with Crippen molar-refractivity contribution < 1.29 is 23.9 Å². The van der Waals surface area contributed by atoms with Gasteiger partial charge in [0.15, 0.2) is 6.61 Å². The van der Waals surface area contributed by atoms with Gasteiger partial charge in [-0.3, -0.25) is 19.3 Å². The van der Waals surface area contributed by atoms with E-state index in [1.54, 1.807) is 23.9 Å². The van der Waals surface area contributed by atoms with Crippen LogP contribution in [0.25, 0.3) is 0 Å². The van der Waals surface area contributed by atoms with E-state index in [1.807, 2.05) is 18.4 Å². The molecule has 1 heterocycles. The molecule has 1 atom stereocenters. The van der Waals surface area contributed by atoms with Gasteiger partial charge in [-0.2, -0.15) is 11.8 Å². The Labute approximate surface area is 181 Å². The third kappa shape index (κ3) is 6.58. The highest BCUT2D eigenvalue weighted by molar-refractivity contribution is 7.98. The SMILES string of the molecule is CSCC[C@H](NC(=O)c1ccc(C(C)(C)C)cc1)C(=O)OCC(=O)N1CCCC1=O. The highest BCUT2D eigenvalue weighted by Gasteiger charge is 2.29. The first kappa shape index (κ1) is 23.9. The number of amides is 3. The minimum atomic E-state index is -0.866. The number of thioether (sulfide) groups is 1. The molecule has 0 spiro atoms. The summed E-state index contributed by atoms with van der Waals surface area (Å²) < 4.78 is 5.12. The van der Waals surface area contributed by atoms with E-state index in [4.69, 9.17) is 4.74 Å². The molecule has 0 aromatic heterocycles. The number of rotatable bonds is 8. The number of hydrogen-bond acceptors (Lipinski definition) is 6. The number of nitrogens with zero attached hydrogens (tertiary/aromatic N) is 1. The van der Waals surface area contributed by atoms with E-state index in [0.29, 0.717) is 37.1 Å². The molecule has 30 heavy (non-hydrogen) atoms. The van der Waals surface area contributed by atoms with Gasteiger partial charge in [-0.05, 0) is 48.0 Å². The van der Waals surface area contributed by atoms with E-state index >= 15 is 0 Å². The Hall–Kier alpha value is -2.35. The second-order valence-electron chi connectivity index (χ2n) is 8.29. The van der Waals surface area contributed by atoms with Gasteiger partial charge in [0.25, 0.3) is 11.8 Å². The molecule has 164 valence electrons. The van der Waals surface area contributed by atoms with Crippen molar-refractivity contribution in [1.29, 1.82) is 0 Å². The molecule has 8 heteroatoms. The van der Waals surface area contributed by atoms with Gasteiger partial charge in [0, 0.05) is 18.5 Å². The summed E-state index contributed by atoms with van der Waals surface area (Å²) in [4.78, 5) is 50.0. The monoisotopic (exact) mass is 434 g/mol. The number of benzene rings is 1. The zero-order valence-corrected chi connectivity index (χ0v) is 18.8. The zero-order valence-electron chi connectivity index (χ0n) is 18.0. The van der Waals surface area contributed by atoms with Crippen molar-refractivity contribution in [3.05, 3.63) is 35.4 Å². The van der Waals surface area contributed by atoms with Gasteiger partial charge in [0.2, 0.25) is 5.91 Å². The van der Waals surface area contributed by atoms with Crippen LogP contribution in [-0.4, -0.2) is 59.8 Å². The van der Waals surface area contributed by atoms with Crippen LogP contribution in [0.1, 0.15) is 56.0 Å². The number of nitrogens with one attached hydrogen (secondary N) is 1. The van der Waals surface area contributed by atoms with Crippen LogP contribution < -0.4 is 5.32 Å². The van der Waals surface area contributed by atoms with Gasteiger partial charge in [-0.25, -0.2) is 4.79 Å². The molecule has 3 amide bonds. The van der Waals surface area contributed by atoms with Crippen LogP contribution >= 0.6 is 11.8 Å². The van der Waals surface area contributed by atoms with Crippen LogP contribution in [0.4, 0.5) is 0 Å². The summed E-state index contributed by atoms with van der Waals surface area (Å²) in [5.74, 6) is -1.19. The number of carbonyl (C=O) groups is 4. The third-order valence-electron chi connectivity index (χ3n) is 4.93. The van der Waals surface area contributed by atoms with Crippen molar-refractivity contribution in [3.63, 3.8) is 0 Å². The third-order valence-corrected chi connectivity index (χ3v) is 5.57. The van der Waals surface area contributed by atoms with Crippen LogP contribution in [-0.2, 0) is 24.5 Å². The molecule has 2 rings (SSSR count). The van der Waals surface area contributed by atoms with Crippen molar-refractivity contribution in [2.24, 2.45) is 0 Å². The number of hydrogen-bond donors (Lipinski definition) is 1. The molecule has 1 fully saturated rings. The second-order valence-corrected chi connectivity index (χ2v) is 9.27. The Kier molecular flexibility index (Phi) is 8.46. The first-order chi connectivity index (χ1) is 14.1. The van der Waals surface area contributed by atoms with Crippen LogP contribution in [0.5, 0.6) is 0 Å². The number of imide groups is 1. The van der Waals surface area contributed by atoms with Gasteiger partial charge >= 0.3 is 5.97 Å². The summed E-state index contributed by atoms with van der Waals surface area (Å²) in [5.41, 5.74) is 1.53. The molecular formula is C22H30N2O5S. The average molecular weight is 435 g/mol. The van der Waals surface area contributed by atoms with Crippen LogP contribution in [0, 0.1) is 0 Å². The molecule has 0 radical (unpaired) electrons. The molecule has 1 N–H and O–H groups in total. The van der Waals surface area contributed by atoms with Crippen LogP contribution in [0.2, 0.25) is 0 Å². The summed E-state index contributed by atoms with van der Waals surface area (Å²) >= 11 is 1.54. The molecule has 1 aromatic rings. The van der Waals surface area contributed by atoms with Crippen molar-refractivity contribution in [2.75, 3.05) is 25.2 Å². The van der Waals surface area contributed by atoms with E-state index in [1.165, 1.54) is 0 Å². The lowest BCUT2D eigenvalue weighted by molar-refractivity contribution is -0.156. The molecule has 1 aromatic carbocycles. The lowest BCUT2D eigenvalue weighted by atomic mass is 9.86. The smallest absolute Gasteiger partial charge is 0.329 e. The van der Waals surface area contributed by atoms with Crippen molar-refractivity contribution in [2.45, 2.75) is 51.5 Å². The van der Waals surface area contributed by atoms with Gasteiger partial charge in [0.05, 0.1) is 0 Å². The number of carbonyl (C=O) groups excluding carboxylic acids is 4. The lowest BCUT2D eigenvalue weighted by Gasteiger charge is -2.20. The highest BCUT2D eigenvalue weighted by Crippen LogP contribution is 2.22. The van der Waals surface area contributed by atoms with E-state index in [9.17, 15) is 19.2 Å². The van der Waals surface area contributed by atoms with Gasteiger partial charge in [0.1, 0.15) is 6.04 Å². The topological polar surface area (TPSA) is 92.8 Å². The Bertz CT molecular complexity index is 786. The second kappa shape index (κ2) is 10.6. The molecule has 7 nitrogen and oxygen atoms in total. The molecule has 1 aliphatic heterocycles. The quantitative estimate of drug-likeness (QED) is 0.632. The van der Waals surface area contributed by atoms with Crippen molar-refractivity contribution >= 4 is 35.5 Å². The maximum Gasteiger partial charge on any atom is 0.329 e. The van der Waals surface area contributed by atoms with Crippen molar-refractivity contribution in [1.82, 2.24) is 10.2 Å². The average Bonchev–Trinajstić information content (AvgIpc) is 3.14. The fraction of sp³-hybridized carbons (Fsp3) is 0.545. The molecule has 0 unspecified atom stereocenters. The standard InChI is InChI=1S/C22H30N2O5S/c1-22(2,3)16-9-7-15(8-10-16)20(27)23-17(11-13-30-4)21(28)29-14-19(26)24-12-5-6-18(24)25/h7-10,17H,5-6,11-14H2,1-4H3,(H,23,27)/t17-/m0/s1. The zero-order chi connectivity index (χ0) is 22.3. The largest absolute Gasteiger partial charge is 0.454 e. The minimum absolute atomic E-state index is 0.0248. The number of ether oxygens (including phenoxy) is 1. The summed E-state index contributed by atoms with van der Waals surface area (Å²) in [6.45, 7) is 6.12. The molecular weight excluding hydrogens is 404 g/mol. The maximum absolute atomic E-state index is 12.6. The number of esters is 1. The van der Waals surface area contributed by atoms with Crippen molar-refractivity contribution in [3.8, 4) is 0 Å². The number of likely N-dealkylation sites (tertiary alicyclic amines) is 1. The Morgan fingerprint density at radius 3 is 2.40 bits per heavy atom. The van der Waals surface area contributed by atoms with E-state index < -0.39 is 24.5 Å². The summed E-state index contributed by atoms with van der Waals surface area (Å²) in [7, 11) is 0. The molecule has 0 bridgehead atoms. The normalized spacial score (nSPS) is 15.1. The van der Waals surface area contributed by atoms with Crippen LogP contribution in [0.3, 0.4) is 0 Å². The first-order valence-electron chi connectivity index (χ1n) is 10.0. The van der Waals surface area contributed by atoms with E-state index in [2.05, 4.69) is 26.1 Å². The van der Waals surface area contributed by atoms with Gasteiger partial charge in [-0.1, -0.05) is 32.9 Å². The van der Waals surface area contributed by atoms with E-state index in [0.717, 1.165) is 10.5 Å².